The fraction of sp³-hybridized carbons (Fsp3) is 0.222. The highest BCUT2D eigenvalue weighted by Crippen LogP contribution is 2.19. The number of nitro benzene ring substituents is 1. The molecule has 0 aliphatic heterocycles. The van der Waals surface area contributed by atoms with Gasteiger partial charge in [-0.2, -0.15) is 0 Å². The molecule has 126 valence electrons. The molecule has 0 aliphatic carbocycles. The highest BCUT2D eigenvalue weighted by molar-refractivity contribution is 5.95. The zero-order chi connectivity index (χ0) is 18.4. The van der Waals surface area contributed by atoms with Gasteiger partial charge >= 0.3 is 0 Å². The molecule has 2 aromatic carbocycles. The van der Waals surface area contributed by atoms with Gasteiger partial charge in [0.05, 0.1) is 4.92 Å². The average Bonchev–Trinajstić information content (AvgIpc) is 2.50. The fourth-order valence-corrected chi connectivity index (χ4v) is 1.88. The van der Waals surface area contributed by atoms with Crippen LogP contribution < -0.4 is 5.73 Å². The number of nitro groups is 1. The van der Waals surface area contributed by atoms with Crippen molar-refractivity contribution in [2.45, 2.75) is 27.7 Å². The van der Waals surface area contributed by atoms with Crippen molar-refractivity contribution in [2.24, 2.45) is 0 Å². The molecule has 0 bridgehead atoms. The lowest BCUT2D eigenvalue weighted by molar-refractivity contribution is -0.385. The van der Waals surface area contributed by atoms with E-state index in [9.17, 15) is 19.7 Å². The molecular formula is C18H20N2O4. The summed E-state index contributed by atoms with van der Waals surface area (Å²) in [6, 6.07) is 9.81. The topological polar surface area (TPSA) is 103 Å². The van der Waals surface area contributed by atoms with Crippen LogP contribution in [0.25, 0.3) is 0 Å². The molecule has 2 N–H and O–H groups in total. The minimum atomic E-state index is -0.484. The Morgan fingerprint density at radius 2 is 1.38 bits per heavy atom. The Bertz CT molecular complexity index is 798. The van der Waals surface area contributed by atoms with Gasteiger partial charge in [-0.05, 0) is 39.3 Å². The number of anilines is 1. The molecule has 2 aromatic rings. The van der Waals surface area contributed by atoms with E-state index in [1.807, 2.05) is 13.0 Å². The Kier molecular flexibility index (Phi) is 6.35. The second-order valence-electron chi connectivity index (χ2n) is 5.44. The van der Waals surface area contributed by atoms with E-state index in [1.54, 1.807) is 31.2 Å². The van der Waals surface area contributed by atoms with Crippen molar-refractivity contribution in [3.8, 4) is 0 Å². The molecule has 0 unspecified atom stereocenters. The van der Waals surface area contributed by atoms with Crippen molar-refractivity contribution in [2.75, 3.05) is 5.73 Å². The van der Waals surface area contributed by atoms with Crippen molar-refractivity contribution >= 4 is 22.9 Å². The summed E-state index contributed by atoms with van der Waals surface area (Å²) < 4.78 is 0. The van der Waals surface area contributed by atoms with Gasteiger partial charge in [-0.15, -0.1) is 0 Å². The van der Waals surface area contributed by atoms with Crippen LogP contribution in [0.5, 0.6) is 0 Å². The van der Waals surface area contributed by atoms with E-state index >= 15 is 0 Å². The monoisotopic (exact) mass is 328 g/mol. The van der Waals surface area contributed by atoms with Crippen LogP contribution in [-0.2, 0) is 0 Å². The van der Waals surface area contributed by atoms with Gasteiger partial charge in [-0.1, -0.05) is 24.3 Å². The van der Waals surface area contributed by atoms with Gasteiger partial charge in [0.25, 0.3) is 5.69 Å². The van der Waals surface area contributed by atoms with Crippen LogP contribution in [0.15, 0.2) is 36.4 Å². The first-order valence-electron chi connectivity index (χ1n) is 7.26. The number of hydrogen-bond acceptors (Lipinski definition) is 5. The zero-order valence-corrected chi connectivity index (χ0v) is 14.1. The summed E-state index contributed by atoms with van der Waals surface area (Å²) in [5.41, 5.74) is 8.90. The van der Waals surface area contributed by atoms with E-state index in [1.165, 1.54) is 19.9 Å². The number of ketones is 2. The first kappa shape index (κ1) is 19.0. The third-order valence-corrected chi connectivity index (χ3v) is 3.50. The Balaban J connectivity index is 0.000000243. The molecule has 0 atom stereocenters. The molecule has 0 aliphatic rings. The third-order valence-electron chi connectivity index (χ3n) is 3.50. The summed E-state index contributed by atoms with van der Waals surface area (Å²) >= 11 is 0. The van der Waals surface area contributed by atoms with E-state index in [-0.39, 0.29) is 17.3 Å². The first-order valence-corrected chi connectivity index (χ1v) is 7.26. The van der Waals surface area contributed by atoms with Gasteiger partial charge in [0, 0.05) is 28.4 Å². The zero-order valence-electron chi connectivity index (χ0n) is 14.1. The maximum atomic E-state index is 10.9. The lowest BCUT2D eigenvalue weighted by atomic mass is 10.1. The third kappa shape index (κ3) is 5.01. The van der Waals surface area contributed by atoms with E-state index in [0.717, 1.165) is 5.56 Å². The molecule has 24 heavy (non-hydrogen) atoms. The van der Waals surface area contributed by atoms with Crippen LogP contribution in [0.2, 0.25) is 0 Å². The average molecular weight is 328 g/mol. The number of hydrogen-bond donors (Lipinski definition) is 1. The molecule has 2 rings (SSSR count). The number of aryl methyl sites for hydroxylation is 2. The summed E-state index contributed by atoms with van der Waals surface area (Å²) in [4.78, 5) is 31.8. The van der Waals surface area contributed by atoms with Crippen LogP contribution in [0.4, 0.5) is 11.4 Å². The van der Waals surface area contributed by atoms with Crippen LogP contribution >= 0.6 is 0 Å². The molecule has 0 aromatic heterocycles. The Labute approximate surface area is 140 Å². The molecule has 0 saturated carbocycles. The van der Waals surface area contributed by atoms with E-state index < -0.39 is 4.92 Å². The minimum absolute atomic E-state index is 0.00676. The van der Waals surface area contributed by atoms with Crippen LogP contribution in [0.3, 0.4) is 0 Å². The first-order chi connectivity index (χ1) is 11.1. The maximum absolute atomic E-state index is 10.9. The number of nitrogens with two attached hydrogens (primary N) is 1. The SMILES string of the molecule is CC(=O)c1ccc(C)c(N)c1.CC(=O)c1ccc(C)c([N+](=O)[O-])c1. The highest BCUT2D eigenvalue weighted by Gasteiger charge is 2.12. The summed E-state index contributed by atoms with van der Waals surface area (Å²) in [5.74, 6) is -0.111. The van der Waals surface area contributed by atoms with Crippen molar-refractivity contribution in [3.63, 3.8) is 0 Å². The van der Waals surface area contributed by atoms with Gasteiger partial charge in [0.1, 0.15) is 0 Å². The lowest BCUT2D eigenvalue weighted by Gasteiger charge is -2.00. The van der Waals surface area contributed by atoms with Crippen LogP contribution in [0.1, 0.15) is 45.7 Å². The van der Waals surface area contributed by atoms with Gasteiger partial charge in [0.2, 0.25) is 0 Å². The summed E-state index contributed by atoms with van der Waals surface area (Å²) in [7, 11) is 0. The van der Waals surface area contributed by atoms with Crippen molar-refractivity contribution in [1.29, 1.82) is 0 Å². The largest absolute Gasteiger partial charge is 0.398 e. The number of nitrogens with zero attached hydrogens (tertiary/aromatic N) is 1. The molecule has 0 heterocycles. The van der Waals surface area contributed by atoms with Crippen molar-refractivity contribution in [3.05, 3.63) is 68.8 Å². The summed E-state index contributed by atoms with van der Waals surface area (Å²) in [5, 5.41) is 10.5. The Morgan fingerprint density at radius 1 is 0.917 bits per heavy atom. The lowest BCUT2D eigenvalue weighted by Crippen LogP contribution is -1.96. The van der Waals surface area contributed by atoms with Crippen LogP contribution in [0, 0.1) is 24.0 Å². The number of benzene rings is 2. The molecule has 0 radical (unpaired) electrons. The van der Waals surface area contributed by atoms with Gasteiger partial charge in [0.15, 0.2) is 11.6 Å². The number of nitrogen functional groups attached to an aromatic ring is 1. The maximum Gasteiger partial charge on any atom is 0.273 e. The molecule has 0 spiro atoms. The number of carbonyl (C=O) groups excluding carboxylic acids is 2. The minimum Gasteiger partial charge on any atom is -0.398 e. The quantitative estimate of drug-likeness (QED) is 0.398. The van der Waals surface area contributed by atoms with Gasteiger partial charge in [-0.3, -0.25) is 19.7 Å². The molecule has 6 nitrogen and oxygen atoms in total. The molecule has 6 heteroatoms. The summed E-state index contributed by atoms with van der Waals surface area (Å²) in [6.07, 6.45) is 0. The van der Waals surface area contributed by atoms with Crippen molar-refractivity contribution in [1.82, 2.24) is 0 Å². The second-order valence-corrected chi connectivity index (χ2v) is 5.44. The number of carbonyl (C=O) groups is 2. The Morgan fingerprint density at radius 3 is 1.79 bits per heavy atom. The molecule has 0 amide bonds. The Hall–Kier alpha value is -3.02. The van der Waals surface area contributed by atoms with Gasteiger partial charge < -0.3 is 5.73 Å². The van der Waals surface area contributed by atoms with E-state index in [4.69, 9.17) is 5.73 Å². The standard InChI is InChI=1S/C9H9NO3.C9H11NO/c1-6-3-4-8(7(2)11)5-9(6)10(12)13;1-6-3-4-8(7(2)11)5-9(6)10/h3-5H,1-2H3;3-5H,10H2,1-2H3. The van der Waals surface area contributed by atoms with Crippen LogP contribution in [-0.4, -0.2) is 16.5 Å². The fourth-order valence-electron chi connectivity index (χ4n) is 1.88. The van der Waals surface area contributed by atoms with Gasteiger partial charge in [-0.25, -0.2) is 0 Å². The summed E-state index contributed by atoms with van der Waals surface area (Å²) in [6.45, 7) is 6.47. The molecule has 0 saturated heterocycles. The highest BCUT2D eigenvalue weighted by atomic mass is 16.6. The number of rotatable bonds is 3. The number of Topliss-reactive ketones (excluding diaryl/α,β-unsaturated/α-hetero) is 2. The predicted octanol–water partition coefficient (Wildman–Crippen LogP) is 3.89. The predicted molar refractivity (Wildman–Crippen MR) is 93.4 cm³/mol. The van der Waals surface area contributed by atoms with E-state index in [2.05, 4.69) is 0 Å². The second kappa shape index (κ2) is 8.01. The van der Waals surface area contributed by atoms with Crippen molar-refractivity contribution < 1.29 is 14.5 Å². The molecular weight excluding hydrogens is 308 g/mol. The smallest absolute Gasteiger partial charge is 0.273 e. The molecule has 0 fully saturated rings. The van der Waals surface area contributed by atoms with E-state index in [0.29, 0.717) is 22.4 Å². The normalized spacial score (nSPS) is 9.67.